The van der Waals surface area contributed by atoms with Gasteiger partial charge in [-0.3, -0.25) is 9.69 Å². The Balaban J connectivity index is 2.03. The maximum absolute atomic E-state index is 14.1. The highest BCUT2D eigenvalue weighted by molar-refractivity contribution is 9.10. The van der Waals surface area contributed by atoms with Crippen molar-refractivity contribution >= 4 is 27.7 Å². The van der Waals surface area contributed by atoms with Gasteiger partial charge in [-0.25, -0.2) is 9.78 Å². The van der Waals surface area contributed by atoms with Gasteiger partial charge < -0.3 is 9.15 Å². The smallest absolute Gasteiger partial charge is 0.418 e. The van der Waals surface area contributed by atoms with Crippen LogP contribution in [-0.2, 0) is 10.9 Å². The Bertz CT molecular complexity index is 1610. The van der Waals surface area contributed by atoms with Crippen LogP contribution in [0.4, 0.5) is 23.7 Å². The molecule has 1 amide bonds. The highest BCUT2D eigenvalue weighted by Gasteiger charge is 2.35. The topological polar surface area (TPSA) is 90.5 Å². The number of hydrogen-bond acceptors (Lipinski definition) is 6. The molecule has 12 heteroatoms. The van der Waals surface area contributed by atoms with Gasteiger partial charge >= 0.3 is 12.3 Å². The summed E-state index contributed by atoms with van der Waals surface area (Å²) in [5.74, 6) is 0.466. The molecule has 0 aliphatic carbocycles. The van der Waals surface area contributed by atoms with Gasteiger partial charge in [0.2, 0.25) is 0 Å². The molecule has 0 saturated carbocycles. The van der Waals surface area contributed by atoms with Gasteiger partial charge in [0.15, 0.2) is 12.2 Å². The molecule has 2 aromatic heterocycles. The van der Waals surface area contributed by atoms with E-state index in [1.54, 1.807) is 39.8 Å². The molecule has 8 nitrogen and oxygen atoms in total. The van der Waals surface area contributed by atoms with Crippen molar-refractivity contribution in [1.82, 2.24) is 14.8 Å². The summed E-state index contributed by atoms with van der Waals surface area (Å²) < 4.78 is 54.1. The van der Waals surface area contributed by atoms with E-state index in [1.165, 1.54) is 24.7 Å². The summed E-state index contributed by atoms with van der Waals surface area (Å²) in [6.07, 6.45) is -2.81. The lowest BCUT2D eigenvalue weighted by Gasteiger charge is -2.27. The largest absolute Gasteiger partial charge is 0.444 e. The van der Waals surface area contributed by atoms with Crippen molar-refractivity contribution in [3.63, 3.8) is 0 Å². The first-order valence-corrected chi connectivity index (χ1v) is 13.0. The number of carbonyl (C=O) groups is 1. The Morgan fingerprint density at radius 2 is 1.80 bits per heavy atom. The summed E-state index contributed by atoms with van der Waals surface area (Å²) in [5.41, 5.74) is -1.51. The predicted octanol–water partition coefficient (Wildman–Crippen LogP) is 7.41. The van der Waals surface area contributed by atoms with Crippen molar-refractivity contribution in [2.75, 3.05) is 11.4 Å². The number of anilines is 1. The Labute approximate surface area is 236 Å². The maximum Gasteiger partial charge on any atom is 0.418 e. The number of benzene rings is 2. The van der Waals surface area contributed by atoms with Crippen molar-refractivity contribution in [3.8, 4) is 28.3 Å². The third kappa shape index (κ3) is 6.27. The molecule has 0 aliphatic heterocycles. The molecule has 0 radical (unpaired) electrons. The minimum Gasteiger partial charge on any atom is -0.444 e. The zero-order valence-corrected chi connectivity index (χ0v) is 23.9. The number of amides is 1. The number of alkyl halides is 3. The highest BCUT2D eigenvalue weighted by Crippen LogP contribution is 2.36. The van der Waals surface area contributed by atoms with E-state index in [-0.39, 0.29) is 17.9 Å². The van der Waals surface area contributed by atoms with E-state index in [0.717, 1.165) is 22.6 Å². The van der Waals surface area contributed by atoms with Gasteiger partial charge in [0.05, 0.1) is 23.1 Å². The fraction of sp³-hybridized carbons (Fsp3) is 0.286. The third-order valence-corrected chi connectivity index (χ3v) is 6.19. The van der Waals surface area contributed by atoms with Crippen LogP contribution < -0.4 is 10.5 Å². The van der Waals surface area contributed by atoms with Gasteiger partial charge in [-0.05, 0) is 82.6 Å². The summed E-state index contributed by atoms with van der Waals surface area (Å²) in [6, 6.07) is 9.93. The average molecular weight is 619 g/mol. The second kappa shape index (κ2) is 10.9. The van der Waals surface area contributed by atoms with Gasteiger partial charge in [-0.15, -0.1) is 0 Å². The third-order valence-electron chi connectivity index (χ3n) is 5.70. The molecular weight excluding hydrogens is 593 g/mol. The quantitative estimate of drug-likeness (QED) is 0.231. The van der Waals surface area contributed by atoms with Crippen LogP contribution in [0, 0.1) is 6.92 Å². The van der Waals surface area contributed by atoms with Crippen LogP contribution in [0.25, 0.3) is 28.3 Å². The molecule has 210 valence electrons. The number of rotatable bonds is 5. The van der Waals surface area contributed by atoms with Gasteiger partial charge in [-0.2, -0.15) is 23.0 Å². The molecule has 0 N–H and O–H groups in total. The fourth-order valence-electron chi connectivity index (χ4n) is 4.05. The molecule has 4 aromatic rings. The fourth-order valence-corrected chi connectivity index (χ4v) is 4.39. The van der Waals surface area contributed by atoms with Gasteiger partial charge in [0.25, 0.3) is 5.56 Å². The summed E-state index contributed by atoms with van der Waals surface area (Å²) in [7, 11) is 0. The molecule has 2 aromatic carbocycles. The molecule has 0 saturated heterocycles. The summed E-state index contributed by atoms with van der Waals surface area (Å²) in [5, 5.41) is 4.36. The number of ether oxygens (including phenoxy) is 1. The van der Waals surface area contributed by atoms with Crippen molar-refractivity contribution in [2.45, 2.75) is 46.4 Å². The van der Waals surface area contributed by atoms with Crippen molar-refractivity contribution in [3.05, 3.63) is 81.0 Å². The zero-order valence-electron chi connectivity index (χ0n) is 22.3. The average Bonchev–Trinajstić information content (AvgIpc) is 3.38. The summed E-state index contributed by atoms with van der Waals surface area (Å²) >= 11 is 3.20. The van der Waals surface area contributed by atoms with E-state index in [1.807, 2.05) is 13.0 Å². The number of aryl methyl sites for hydroxylation is 1. The molecule has 4 rings (SSSR count). The molecule has 2 heterocycles. The Morgan fingerprint density at radius 3 is 2.40 bits per heavy atom. The zero-order chi connectivity index (χ0) is 29.4. The summed E-state index contributed by atoms with van der Waals surface area (Å²) in [6.45, 7) is 8.48. The standard InChI is InChI=1S/C28H26BrF3N4O4/c1-6-35(26(38)40-27(3,4)5)23-13-21(17-9-16(2)10-18(11-17)24-14-33-15-39-24)34-36(25(23)37)22-12-19(29)7-8-20(22)28(30,31)32/h7-15H,6H2,1-5H3. The van der Waals surface area contributed by atoms with E-state index in [0.29, 0.717) is 26.0 Å². The van der Waals surface area contributed by atoms with Crippen LogP contribution >= 0.6 is 15.9 Å². The number of nitrogens with zero attached hydrogens (tertiary/aromatic N) is 4. The van der Waals surface area contributed by atoms with E-state index < -0.39 is 34.7 Å². The molecule has 0 bridgehead atoms. The maximum atomic E-state index is 14.1. The minimum atomic E-state index is -4.79. The Morgan fingerprint density at radius 1 is 1.10 bits per heavy atom. The van der Waals surface area contributed by atoms with E-state index in [4.69, 9.17) is 9.15 Å². The first-order chi connectivity index (χ1) is 18.7. The van der Waals surface area contributed by atoms with Crippen molar-refractivity contribution in [2.24, 2.45) is 0 Å². The van der Waals surface area contributed by atoms with Gasteiger partial charge in [-0.1, -0.05) is 15.9 Å². The molecule has 0 spiro atoms. The number of aromatic nitrogens is 3. The molecule has 0 atom stereocenters. The van der Waals surface area contributed by atoms with Crippen LogP contribution in [0.15, 0.2) is 68.7 Å². The van der Waals surface area contributed by atoms with Crippen molar-refractivity contribution in [1.29, 1.82) is 0 Å². The van der Waals surface area contributed by atoms with Crippen LogP contribution in [0.1, 0.15) is 38.8 Å². The first-order valence-electron chi connectivity index (χ1n) is 12.2. The normalized spacial score (nSPS) is 11.9. The van der Waals surface area contributed by atoms with E-state index in [9.17, 15) is 22.8 Å². The van der Waals surface area contributed by atoms with Crippen LogP contribution in [-0.4, -0.2) is 33.0 Å². The summed E-state index contributed by atoms with van der Waals surface area (Å²) in [4.78, 5) is 31.9. The van der Waals surface area contributed by atoms with Crippen LogP contribution in [0.3, 0.4) is 0 Å². The number of oxazole rings is 1. The lowest BCUT2D eigenvalue weighted by Crippen LogP contribution is -2.41. The van der Waals surface area contributed by atoms with Gasteiger partial charge in [0.1, 0.15) is 11.3 Å². The Kier molecular flexibility index (Phi) is 7.93. The number of halogens is 4. The lowest BCUT2D eigenvalue weighted by molar-refractivity contribution is -0.137. The van der Waals surface area contributed by atoms with E-state index in [2.05, 4.69) is 26.0 Å². The van der Waals surface area contributed by atoms with E-state index >= 15 is 0 Å². The van der Waals surface area contributed by atoms with Crippen LogP contribution in [0.2, 0.25) is 0 Å². The number of carbonyl (C=O) groups excluding carboxylic acids is 1. The predicted molar refractivity (Wildman–Crippen MR) is 147 cm³/mol. The monoisotopic (exact) mass is 618 g/mol. The van der Waals surface area contributed by atoms with Crippen molar-refractivity contribution < 1.29 is 27.1 Å². The number of hydrogen-bond donors (Lipinski definition) is 0. The minimum absolute atomic E-state index is 0.00928. The lowest BCUT2D eigenvalue weighted by atomic mass is 10.0. The molecular formula is C28H26BrF3N4O4. The molecule has 40 heavy (non-hydrogen) atoms. The van der Waals surface area contributed by atoms with Gasteiger partial charge in [0, 0.05) is 22.1 Å². The molecule has 0 fully saturated rings. The molecule has 0 aliphatic rings. The first kappa shape index (κ1) is 29.1. The SMILES string of the molecule is CCN(C(=O)OC(C)(C)C)c1cc(-c2cc(C)cc(-c3cnco3)c2)nn(-c2cc(Br)ccc2C(F)(F)F)c1=O. The Hall–Kier alpha value is -3.93. The van der Waals surface area contributed by atoms with Crippen LogP contribution in [0.5, 0.6) is 0 Å². The second-order valence-corrected chi connectivity index (χ2v) is 10.9. The molecule has 0 unspecified atom stereocenters. The second-order valence-electron chi connectivity index (χ2n) is 9.97. The highest BCUT2D eigenvalue weighted by atomic mass is 79.9.